The minimum atomic E-state index is -0.122. The molecule has 0 radical (unpaired) electrons. The fourth-order valence-corrected chi connectivity index (χ4v) is 6.36. The number of benzene rings is 2. The van der Waals surface area contributed by atoms with Crippen molar-refractivity contribution in [2.45, 2.75) is 37.4 Å². The number of rotatable bonds is 7. The van der Waals surface area contributed by atoms with Crippen molar-refractivity contribution < 1.29 is 9.53 Å². The zero-order valence-electron chi connectivity index (χ0n) is 19.9. The molecule has 7 heteroatoms. The Morgan fingerprint density at radius 1 is 1.14 bits per heavy atom. The largest absolute Gasteiger partial charge is 0.365 e. The van der Waals surface area contributed by atoms with Gasteiger partial charge in [0.05, 0.1) is 27.8 Å². The van der Waals surface area contributed by atoms with E-state index in [1.807, 2.05) is 47.0 Å². The van der Waals surface area contributed by atoms with Crippen molar-refractivity contribution in [3.63, 3.8) is 0 Å². The van der Waals surface area contributed by atoms with Gasteiger partial charge in [-0.1, -0.05) is 53.5 Å². The van der Waals surface area contributed by atoms with Crippen molar-refractivity contribution in [3.8, 4) is 0 Å². The fraction of sp³-hybridized carbons (Fsp3) is 0.393. The Morgan fingerprint density at radius 3 is 2.69 bits per heavy atom. The molecule has 0 N–H and O–H groups in total. The summed E-state index contributed by atoms with van der Waals surface area (Å²) in [5, 5.41) is 4.94. The normalized spacial score (nSPS) is 17.9. The number of hydrogen-bond donors (Lipinski definition) is 0. The number of ether oxygens (including phenoxy) is 1. The van der Waals surface area contributed by atoms with Crippen LogP contribution < -0.4 is 0 Å². The quantitative estimate of drug-likeness (QED) is 0.337. The Hall–Kier alpha value is -1.89. The van der Waals surface area contributed by atoms with Crippen LogP contribution in [0.3, 0.4) is 0 Å². The van der Waals surface area contributed by atoms with Crippen LogP contribution in [0.15, 0.2) is 59.3 Å². The van der Waals surface area contributed by atoms with Crippen molar-refractivity contribution in [3.05, 3.63) is 91.6 Å². The van der Waals surface area contributed by atoms with Crippen LogP contribution in [0.25, 0.3) is 0 Å². The number of fused-ring (bicyclic) bond motifs is 2. The Bertz CT molecular complexity index is 1180. The molecule has 2 aliphatic rings. The molecule has 1 saturated heterocycles. The molecule has 184 valence electrons. The molecule has 35 heavy (non-hydrogen) atoms. The van der Waals surface area contributed by atoms with Crippen molar-refractivity contribution in [2.75, 3.05) is 33.2 Å². The van der Waals surface area contributed by atoms with Crippen molar-refractivity contribution >= 4 is 40.4 Å². The lowest BCUT2D eigenvalue weighted by Gasteiger charge is -2.39. The molecule has 3 heterocycles. The van der Waals surface area contributed by atoms with E-state index in [-0.39, 0.29) is 17.4 Å². The van der Waals surface area contributed by atoms with Crippen LogP contribution in [0.1, 0.15) is 52.2 Å². The third-order valence-corrected chi connectivity index (χ3v) is 8.92. The summed E-state index contributed by atoms with van der Waals surface area (Å²) in [5.74, 6) is 0.213. The van der Waals surface area contributed by atoms with Crippen molar-refractivity contribution in [2.24, 2.45) is 0 Å². The highest BCUT2D eigenvalue weighted by molar-refractivity contribution is 7.08. The van der Waals surface area contributed by atoms with E-state index in [1.165, 1.54) is 11.1 Å². The lowest BCUT2D eigenvalue weighted by atomic mass is 9.83. The first-order valence-corrected chi connectivity index (χ1v) is 13.8. The van der Waals surface area contributed by atoms with Crippen molar-refractivity contribution in [1.82, 2.24) is 9.80 Å². The smallest absolute Gasteiger partial charge is 0.254 e. The maximum absolute atomic E-state index is 12.9. The molecule has 0 bridgehead atoms. The first kappa shape index (κ1) is 24.8. The van der Waals surface area contributed by atoms with Gasteiger partial charge in [-0.2, -0.15) is 11.3 Å². The fourth-order valence-electron chi connectivity index (χ4n) is 5.42. The van der Waals surface area contributed by atoms with Gasteiger partial charge in [0.25, 0.3) is 5.91 Å². The van der Waals surface area contributed by atoms with E-state index in [1.54, 1.807) is 11.3 Å². The Labute approximate surface area is 221 Å². The molecule has 1 spiro atoms. The van der Waals surface area contributed by atoms with Gasteiger partial charge in [-0.05, 0) is 66.1 Å². The summed E-state index contributed by atoms with van der Waals surface area (Å²) in [6, 6.07) is 16.4. The number of carbonyl (C=O) groups excluding carboxylic acids is 1. The van der Waals surface area contributed by atoms with Crippen LogP contribution in [0, 0.1) is 0 Å². The molecule has 1 atom stereocenters. The van der Waals surface area contributed by atoms with E-state index in [2.05, 4.69) is 29.2 Å². The van der Waals surface area contributed by atoms with E-state index in [4.69, 9.17) is 27.9 Å². The standard InChI is InChI=1S/C28H30Cl2N2O2S/c1-31(27(33)23-9-15-35-19-23)17-21(20-6-7-25(29)26(30)16-20)8-12-32-13-10-28(11-14-32)24-5-3-2-4-22(24)18-34-28/h2-7,9,15-16,19,21H,8,10-14,17-18H2,1H3. The molecule has 3 aromatic rings. The van der Waals surface area contributed by atoms with Crippen LogP contribution in [-0.2, 0) is 16.9 Å². The van der Waals surface area contributed by atoms with Gasteiger partial charge >= 0.3 is 0 Å². The highest BCUT2D eigenvalue weighted by Crippen LogP contribution is 2.44. The van der Waals surface area contributed by atoms with Gasteiger partial charge in [-0.3, -0.25) is 4.79 Å². The van der Waals surface area contributed by atoms with Crippen LogP contribution in [0.5, 0.6) is 0 Å². The summed E-state index contributed by atoms with van der Waals surface area (Å²) in [7, 11) is 1.88. The molecular formula is C28H30Cl2N2O2S. The van der Waals surface area contributed by atoms with Gasteiger partial charge in [-0.25, -0.2) is 0 Å². The van der Waals surface area contributed by atoms with Crippen LogP contribution in [0.4, 0.5) is 0 Å². The average molecular weight is 530 g/mol. The van der Waals surface area contributed by atoms with E-state index in [0.717, 1.165) is 56.6 Å². The van der Waals surface area contributed by atoms with Gasteiger partial charge in [-0.15, -0.1) is 0 Å². The van der Waals surface area contributed by atoms with Gasteiger partial charge in [0.2, 0.25) is 0 Å². The number of nitrogens with zero attached hydrogens (tertiary/aromatic N) is 2. The minimum Gasteiger partial charge on any atom is -0.365 e. The number of thiophene rings is 1. The second kappa shape index (κ2) is 10.6. The molecule has 1 aromatic heterocycles. The monoisotopic (exact) mass is 528 g/mol. The summed E-state index contributed by atoms with van der Waals surface area (Å²) in [6.45, 7) is 4.32. The summed E-state index contributed by atoms with van der Waals surface area (Å²) >= 11 is 14.1. The highest BCUT2D eigenvalue weighted by atomic mass is 35.5. The number of halogens is 2. The summed E-state index contributed by atoms with van der Waals surface area (Å²) < 4.78 is 6.34. The Kier molecular flexibility index (Phi) is 7.52. The van der Waals surface area contributed by atoms with Crippen LogP contribution in [-0.4, -0.2) is 48.9 Å². The van der Waals surface area contributed by atoms with E-state index in [0.29, 0.717) is 16.6 Å². The number of likely N-dealkylation sites (tertiary alicyclic amines) is 1. The van der Waals surface area contributed by atoms with E-state index < -0.39 is 0 Å². The maximum atomic E-state index is 12.9. The maximum Gasteiger partial charge on any atom is 0.254 e. The molecule has 5 rings (SSSR count). The van der Waals surface area contributed by atoms with Crippen LogP contribution >= 0.6 is 34.5 Å². The predicted molar refractivity (Wildman–Crippen MR) is 144 cm³/mol. The first-order chi connectivity index (χ1) is 16.9. The molecule has 4 nitrogen and oxygen atoms in total. The van der Waals surface area contributed by atoms with Gasteiger partial charge in [0, 0.05) is 38.0 Å². The number of amides is 1. The minimum absolute atomic E-state index is 0.0493. The molecule has 2 aliphatic heterocycles. The molecular weight excluding hydrogens is 499 g/mol. The third kappa shape index (κ3) is 5.30. The number of carbonyl (C=O) groups is 1. The average Bonchev–Trinajstić information content (AvgIpc) is 3.53. The molecule has 0 aliphatic carbocycles. The molecule has 2 aromatic carbocycles. The second-order valence-electron chi connectivity index (χ2n) is 9.64. The number of likely N-dealkylation sites (N-methyl/N-ethyl adjacent to an activating group) is 1. The van der Waals surface area contributed by atoms with Crippen molar-refractivity contribution in [1.29, 1.82) is 0 Å². The number of piperidine rings is 1. The zero-order chi connectivity index (χ0) is 24.4. The van der Waals surface area contributed by atoms with E-state index >= 15 is 0 Å². The number of hydrogen-bond acceptors (Lipinski definition) is 4. The third-order valence-electron chi connectivity index (χ3n) is 7.49. The molecule has 1 fully saturated rings. The van der Waals surface area contributed by atoms with Crippen LogP contribution in [0.2, 0.25) is 10.0 Å². The Balaban J connectivity index is 1.25. The van der Waals surface area contributed by atoms with Gasteiger partial charge in [0.1, 0.15) is 0 Å². The van der Waals surface area contributed by atoms with E-state index in [9.17, 15) is 4.79 Å². The summed E-state index contributed by atoms with van der Waals surface area (Å²) in [5.41, 5.74) is 4.44. The predicted octanol–water partition coefficient (Wildman–Crippen LogP) is 6.82. The highest BCUT2D eigenvalue weighted by Gasteiger charge is 2.42. The molecule has 1 amide bonds. The SMILES string of the molecule is CN(CC(CCN1CCC2(CC1)OCc1ccccc12)c1ccc(Cl)c(Cl)c1)C(=O)c1ccsc1. The molecule has 1 unspecified atom stereocenters. The summed E-state index contributed by atoms with van der Waals surface area (Å²) in [6.07, 6.45) is 2.96. The summed E-state index contributed by atoms with van der Waals surface area (Å²) in [4.78, 5) is 17.3. The molecule has 0 saturated carbocycles. The lowest BCUT2D eigenvalue weighted by molar-refractivity contribution is -0.0790. The first-order valence-electron chi connectivity index (χ1n) is 12.1. The zero-order valence-corrected chi connectivity index (χ0v) is 22.2. The second-order valence-corrected chi connectivity index (χ2v) is 11.2. The lowest BCUT2D eigenvalue weighted by Crippen LogP contribution is -2.43. The van der Waals surface area contributed by atoms with Gasteiger partial charge in [0.15, 0.2) is 0 Å². The topological polar surface area (TPSA) is 32.8 Å². The van der Waals surface area contributed by atoms with Gasteiger partial charge < -0.3 is 14.5 Å². The Morgan fingerprint density at radius 2 is 1.94 bits per heavy atom.